The van der Waals surface area contributed by atoms with Crippen molar-refractivity contribution in [3.8, 4) is 5.75 Å². The number of amides is 1. The summed E-state index contributed by atoms with van der Waals surface area (Å²) in [5, 5.41) is 6.58. The molecule has 5 nitrogen and oxygen atoms in total. The highest BCUT2D eigenvalue weighted by Gasteiger charge is 2.37. The number of ether oxygens (including phenoxy) is 2. The molecular formula is C21H33ClN2O3. The highest BCUT2D eigenvalue weighted by atomic mass is 35.5. The van der Waals surface area contributed by atoms with E-state index >= 15 is 0 Å². The topological polar surface area (TPSA) is 59.6 Å². The van der Waals surface area contributed by atoms with Crippen LogP contribution in [0.3, 0.4) is 0 Å². The van der Waals surface area contributed by atoms with Crippen molar-refractivity contribution < 1.29 is 14.3 Å². The first-order chi connectivity index (χ1) is 12.6. The number of hydrogen-bond donors (Lipinski definition) is 2. The molecule has 2 aliphatic rings. The molecule has 152 valence electrons. The van der Waals surface area contributed by atoms with E-state index in [1.165, 1.54) is 17.5 Å². The van der Waals surface area contributed by atoms with Crippen molar-refractivity contribution in [2.75, 3.05) is 40.0 Å². The first kappa shape index (κ1) is 22.0. The van der Waals surface area contributed by atoms with Gasteiger partial charge in [-0.3, -0.25) is 4.79 Å². The number of nitrogens with one attached hydrogen (secondary N) is 2. The summed E-state index contributed by atoms with van der Waals surface area (Å²) in [6.07, 6.45) is 4.58. The minimum absolute atomic E-state index is 0. The maximum atomic E-state index is 12.4. The zero-order chi connectivity index (χ0) is 18.4. The van der Waals surface area contributed by atoms with Crippen molar-refractivity contribution in [3.05, 3.63) is 29.3 Å². The summed E-state index contributed by atoms with van der Waals surface area (Å²) >= 11 is 0. The van der Waals surface area contributed by atoms with E-state index in [1.807, 2.05) is 6.07 Å². The summed E-state index contributed by atoms with van der Waals surface area (Å²) in [4.78, 5) is 12.4. The second-order valence-corrected chi connectivity index (χ2v) is 7.77. The van der Waals surface area contributed by atoms with Crippen LogP contribution in [0.5, 0.6) is 5.75 Å². The van der Waals surface area contributed by atoms with Gasteiger partial charge in [-0.1, -0.05) is 17.7 Å². The SMILES string of the molecule is COc1ccc(C)cc1C1(CNC(=O)CCC2CCNC2)CCOCC1.Cl. The van der Waals surface area contributed by atoms with Gasteiger partial charge in [0.25, 0.3) is 0 Å². The van der Waals surface area contributed by atoms with Gasteiger partial charge in [0.15, 0.2) is 0 Å². The third-order valence-electron chi connectivity index (χ3n) is 5.94. The average molecular weight is 397 g/mol. The van der Waals surface area contributed by atoms with E-state index < -0.39 is 0 Å². The molecule has 0 aromatic heterocycles. The number of benzene rings is 1. The van der Waals surface area contributed by atoms with Crippen molar-refractivity contribution in [3.63, 3.8) is 0 Å². The molecule has 2 N–H and O–H groups in total. The van der Waals surface area contributed by atoms with Crippen LogP contribution >= 0.6 is 12.4 Å². The maximum Gasteiger partial charge on any atom is 0.220 e. The van der Waals surface area contributed by atoms with Crippen molar-refractivity contribution >= 4 is 18.3 Å². The van der Waals surface area contributed by atoms with Gasteiger partial charge in [-0.25, -0.2) is 0 Å². The van der Waals surface area contributed by atoms with Crippen LogP contribution in [0.2, 0.25) is 0 Å². The molecule has 2 aliphatic heterocycles. The summed E-state index contributed by atoms with van der Waals surface area (Å²) in [7, 11) is 1.72. The molecule has 1 unspecified atom stereocenters. The van der Waals surface area contributed by atoms with Gasteiger partial charge in [-0.2, -0.15) is 0 Å². The quantitative estimate of drug-likeness (QED) is 0.743. The lowest BCUT2D eigenvalue weighted by molar-refractivity contribution is -0.121. The highest BCUT2D eigenvalue weighted by Crippen LogP contribution is 2.40. The fourth-order valence-corrected chi connectivity index (χ4v) is 4.19. The number of carbonyl (C=O) groups is 1. The fraction of sp³-hybridized carbons (Fsp3) is 0.667. The van der Waals surface area contributed by atoms with Crippen LogP contribution in [-0.2, 0) is 14.9 Å². The standard InChI is InChI=1S/C21H32N2O3.ClH/c1-16-3-5-19(25-2)18(13-16)21(8-11-26-12-9-21)15-23-20(24)6-4-17-7-10-22-14-17;/h3,5,13,17,22H,4,6-12,14-15H2,1-2H3,(H,23,24);1H. The van der Waals surface area contributed by atoms with Gasteiger partial charge in [0.2, 0.25) is 5.91 Å². The van der Waals surface area contributed by atoms with E-state index in [0.29, 0.717) is 18.9 Å². The monoisotopic (exact) mass is 396 g/mol. The summed E-state index contributed by atoms with van der Waals surface area (Å²) in [6.45, 7) is 6.33. The molecule has 6 heteroatoms. The first-order valence-corrected chi connectivity index (χ1v) is 9.83. The average Bonchev–Trinajstić information content (AvgIpc) is 3.19. The van der Waals surface area contributed by atoms with Crippen LogP contribution < -0.4 is 15.4 Å². The van der Waals surface area contributed by atoms with Gasteiger partial charge in [0, 0.05) is 37.2 Å². The molecule has 2 saturated heterocycles. The van der Waals surface area contributed by atoms with E-state index in [1.54, 1.807) is 7.11 Å². The van der Waals surface area contributed by atoms with Gasteiger partial charge in [0.1, 0.15) is 5.75 Å². The molecule has 0 aliphatic carbocycles. The number of halogens is 1. The molecule has 0 bridgehead atoms. The zero-order valence-electron chi connectivity index (χ0n) is 16.5. The minimum Gasteiger partial charge on any atom is -0.496 e. The summed E-state index contributed by atoms with van der Waals surface area (Å²) in [5.41, 5.74) is 2.30. The molecule has 0 radical (unpaired) electrons. The molecule has 3 rings (SSSR count). The molecule has 1 atom stereocenters. The van der Waals surface area contributed by atoms with Crippen molar-refractivity contribution in [2.45, 2.75) is 44.4 Å². The lowest BCUT2D eigenvalue weighted by Crippen LogP contribution is -2.45. The largest absolute Gasteiger partial charge is 0.496 e. The highest BCUT2D eigenvalue weighted by molar-refractivity contribution is 5.85. The van der Waals surface area contributed by atoms with Crippen molar-refractivity contribution in [1.82, 2.24) is 10.6 Å². The molecule has 1 aromatic rings. The zero-order valence-corrected chi connectivity index (χ0v) is 17.3. The van der Waals surface area contributed by atoms with E-state index in [2.05, 4.69) is 29.7 Å². The molecule has 27 heavy (non-hydrogen) atoms. The lowest BCUT2D eigenvalue weighted by atomic mass is 9.73. The predicted octanol–water partition coefficient (Wildman–Crippen LogP) is 2.98. The Morgan fingerprint density at radius 3 is 2.81 bits per heavy atom. The van der Waals surface area contributed by atoms with Crippen LogP contribution in [0.15, 0.2) is 18.2 Å². The van der Waals surface area contributed by atoms with Gasteiger partial charge < -0.3 is 20.1 Å². The van der Waals surface area contributed by atoms with Crippen LogP contribution in [0, 0.1) is 12.8 Å². The molecule has 1 amide bonds. The molecule has 0 saturated carbocycles. The Morgan fingerprint density at radius 2 is 2.15 bits per heavy atom. The second-order valence-electron chi connectivity index (χ2n) is 7.77. The van der Waals surface area contributed by atoms with E-state index in [4.69, 9.17) is 9.47 Å². The van der Waals surface area contributed by atoms with Crippen LogP contribution in [-0.4, -0.2) is 45.9 Å². The van der Waals surface area contributed by atoms with E-state index in [0.717, 1.165) is 51.3 Å². The number of methoxy groups -OCH3 is 1. The lowest BCUT2D eigenvalue weighted by Gasteiger charge is -2.39. The van der Waals surface area contributed by atoms with Gasteiger partial charge >= 0.3 is 0 Å². The third kappa shape index (κ3) is 5.59. The summed E-state index contributed by atoms with van der Waals surface area (Å²) in [6, 6.07) is 6.32. The Morgan fingerprint density at radius 1 is 1.37 bits per heavy atom. The molecule has 2 heterocycles. The summed E-state index contributed by atoms with van der Waals surface area (Å²) < 4.78 is 11.3. The van der Waals surface area contributed by atoms with Gasteiger partial charge in [-0.05, 0) is 57.7 Å². The normalized spacial score (nSPS) is 21.3. The van der Waals surface area contributed by atoms with Crippen molar-refractivity contribution in [1.29, 1.82) is 0 Å². The Bertz CT molecular complexity index is 611. The smallest absolute Gasteiger partial charge is 0.220 e. The van der Waals surface area contributed by atoms with Crippen molar-refractivity contribution in [2.24, 2.45) is 5.92 Å². The maximum absolute atomic E-state index is 12.4. The Balaban J connectivity index is 0.00000261. The first-order valence-electron chi connectivity index (χ1n) is 9.83. The van der Waals surface area contributed by atoms with Crippen LogP contribution in [0.4, 0.5) is 0 Å². The van der Waals surface area contributed by atoms with Gasteiger partial charge in [0.05, 0.1) is 7.11 Å². The Labute approximate surface area is 169 Å². The Hall–Kier alpha value is -1.30. The minimum atomic E-state index is -0.111. The molecular weight excluding hydrogens is 364 g/mol. The summed E-state index contributed by atoms with van der Waals surface area (Å²) in [5.74, 6) is 1.72. The number of rotatable bonds is 7. The van der Waals surface area contributed by atoms with Crippen LogP contribution in [0.1, 0.15) is 43.2 Å². The molecule has 1 aromatic carbocycles. The van der Waals surface area contributed by atoms with E-state index in [9.17, 15) is 4.79 Å². The van der Waals surface area contributed by atoms with E-state index in [-0.39, 0.29) is 23.7 Å². The van der Waals surface area contributed by atoms with Gasteiger partial charge in [-0.15, -0.1) is 12.4 Å². The second kappa shape index (κ2) is 10.3. The predicted molar refractivity (Wildman–Crippen MR) is 110 cm³/mol. The number of aryl methyl sites for hydroxylation is 1. The number of hydrogen-bond acceptors (Lipinski definition) is 4. The Kier molecular flexibility index (Phi) is 8.39. The number of carbonyl (C=O) groups excluding carboxylic acids is 1. The fourth-order valence-electron chi connectivity index (χ4n) is 4.19. The van der Waals surface area contributed by atoms with Crippen LogP contribution in [0.25, 0.3) is 0 Å². The molecule has 2 fully saturated rings. The third-order valence-corrected chi connectivity index (χ3v) is 5.94. The molecule has 0 spiro atoms.